The standard InChI is InChI=1S/C20H25ClN2O4/c1-3-27-19-16(21)12-14(13-17(19)26-2)4-7-18(24)22-8-10-23(11-9-22)20(25)15-5-6-15/h4,7,12-13,15H,3,5-6,8-11H2,1-2H3/b7-4+. The van der Waals surface area contributed by atoms with Crippen LogP contribution in [0.3, 0.4) is 0 Å². The Hall–Kier alpha value is -2.21. The van der Waals surface area contributed by atoms with Gasteiger partial charge in [-0.3, -0.25) is 9.59 Å². The van der Waals surface area contributed by atoms with E-state index in [-0.39, 0.29) is 17.7 Å². The monoisotopic (exact) mass is 392 g/mol. The first kappa shape index (κ1) is 19.5. The lowest BCUT2D eigenvalue weighted by Gasteiger charge is -2.34. The number of hydrogen-bond acceptors (Lipinski definition) is 4. The molecule has 1 aromatic rings. The summed E-state index contributed by atoms with van der Waals surface area (Å²) >= 11 is 6.26. The average molecular weight is 393 g/mol. The molecule has 0 spiro atoms. The Labute approximate surface area is 164 Å². The Morgan fingerprint density at radius 3 is 2.44 bits per heavy atom. The maximum Gasteiger partial charge on any atom is 0.246 e. The van der Waals surface area contributed by atoms with Crippen LogP contribution in [0.2, 0.25) is 5.02 Å². The second-order valence-corrected chi connectivity index (χ2v) is 7.13. The van der Waals surface area contributed by atoms with Crippen LogP contribution in [-0.2, 0) is 9.59 Å². The van der Waals surface area contributed by atoms with Gasteiger partial charge in [0.05, 0.1) is 18.7 Å². The van der Waals surface area contributed by atoms with Gasteiger partial charge in [-0.2, -0.15) is 0 Å². The van der Waals surface area contributed by atoms with Crippen molar-refractivity contribution in [3.05, 3.63) is 28.8 Å². The van der Waals surface area contributed by atoms with Gasteiger partial charge in [0.1, 0.15) is 0 Å². The van der Waals surface area contributed by atoms with Crippen molar-refractivity contribution in [3.63, 3.8) is 0 Å². The van der Waals surface area contributed by atoms with Gasteiger partial charge in [-0.1, -0.05) is 11.6 Å². The largest absolute Gasteiger partial charge is 0.493 e. The van der Waals surface area contributed by atoms with Crippen molar-refractivity contribution in [1.82, 2.24) is 9.80 Å². The summed E-state index contributed by atoms with van der Waals surface area (Å²) in [6, 6.07) is 3.53. The number of carbonyl (C=O) groups is 2. The maximum absolute atomic E-state index is 12.4. The Kier molecular flexibility index (Phi) is 6.26. The topological polar surface area (TPSA) is 59.1 Å². The predicted molar refractivity (Wildman–Crippen MR) is 104 cm³/mol. The fourth-order valence-corrected chi connectivity index (χ4v) is 3.40. The van der Waals surface area contributed by atoms with Crippen LogP contribution >= 0.6 is 11.6 Å². The predicted octanol–water partition coefficient (Wildman–Crippen LogP) is 2.84. The number of methoxy groups -OCH3 is 1. The molecule has 0 unspecified atom stereocenters. The molecule has 1 heterocycles. The fourth-order valence-electron chi connectivity index (χ4n) is 3.13. The third kappa shape index (κ3) is 4.75. The highest BCUT2D eigenvalue weighted by atomic mass is 35.5. The first-order valence-corrected chi connectivity index (χ1v) is 9.67. The highest BCUT2D eigenvalue weighted by Gasteiger charge is 2.34. The van der Waals surface area contributed by atoms with Crippen molar-refractivity contribution in [2.45, 2.75) is 19.8 Å². The van der Waals surface area contributed by atoms with Gasteiger partial charge < -0.3 is 19.3 Å². The molecule has 1 saturated carbocycles. The molecule has 7 heteroatoms. The van der Waals surface area contributed by atoms with E-state index in [0.29, 0.717) is 49.3 Å². The number of rotatable bonds is 6. The van der Waals surface area contributed by atoms with Crippen LogP contribution in [0.15, 0.2) is 18.2 Å². The Balaban J connectivity index is 1.60. The van der Waals surface area contributed by atoms with Crippen molar-refractivity contribution in [1.29, 1.82) is 0 Å². The molecule has 0 aromatic heterocycles. The molecule has 2 amide bonds. The van der Waals surface area contributed by atoms with Gasteiger partial charge in [0.25, 0.3) is 0 Å². The van der Waals surface area contributed by atoms with Gasteiger partial charge in [-0.05, 0) is 43.5 Å². The van der Waals surface area contributed by atoms with E-state index in [0.717, 1.165) is 18.4 Å². The molecule has 146 valence electrons. The molecule has 2 fully saturated rings. The SMILES string of the molecule is CCOc1c(Cl)cc(/C=C/C(=O)N2CCN(C(=O)C3CC3)CC2)cc1OC. The second-order valence-electron chi connectivity index (χ2n) is 6.73. The van der Waals surface area contributed by atoms with E-state index >= 15 is 0 Å². The van der Waals surface area contributed by atoms with Gasteiger partial charge in [-0.15, -0.1) is 0 Å². The molecular weight excluding hydrogens is 368 g/mol. The average Bonchev–Trinajstić information content (AvgIpc) is 3.52. The summed E-state index contributed by atoms with van der Waals surface area (Å²) in [4.78, 5) is 28.2. The van der Waals surface area contributed by atoms with Gasteiger partial charge >= 0.3 is 0 Å². The third-order valence-corrected chi connectivity index (χ3v) is 5.07. The van der Waals surface area contributed by atoms with Crippen LogP contribution in [-0.4, -0.2) is 61.5 Å². The Morgan fingerprint density at radius 2 is 1.85 bits per heavy atom. The van der Waals surface area contributed by atoms with E-state index in [1.807, 2.05) is 11.8 Å². The first-order valence-electron chi connectivity index (χ1n) is 9.29. The van der Waals surface area contributed by atoms with E-state index in [4.69, 9.17) is 21.1 Å². The summed E-state index contributed by atoms with van der Waals surface area (Å²) in [6.45, 7) is 4.71. The molecule has 1 aliphatic carbocycles. The molecular formula is C20H25ClN2O4. The van der Waals surface area contributed by atoms with E-state index < -0.39 is 0 Å². The van der Waals surface area contributed by atoms with Crippen molar-refractivity contribution in [2.24, 2.45) is 5.92 Å². The van der Waals surface area contributed by atoms with Crippen LogP contribution in [0.4, 0.5) is 0 Å². The zero-order valence-corrected chi connectivity index (χ0v) is 16.5. The summed E-state index contributed by atoms with van der Waals surface area (Å²) in [7, 11) is 1.55. The van der Waals surface area contributed by atoms with Crippen LogP contribution < -0.4 is 9.47 Å². The summed E-state index contributed by atoms with van der Waals surface area (Å²) in [5.74, 6) is 1.43. The molecule has 2 aliphatic rings. The number of nitrogens with zero attached hydrogens (tertiary/aromatic N) is 2. The van der Waals surface area contributed by atoms with E-state index in [2.05, 4.69) is 0 Å². The molecule has 1 saturated heterocycles. The number of carbonyl (C=O) groups excluding carboxylic acids is 2. The van der Waals surface area contributed by atoms with Crippen LogP contribution in [0.1, 0.15) is 25.3 Å². The van der Waals surface area contributed by atoms with Gasteiger partial charge in [0.15, 0.2) is 11.5 Å². The Bertz CT molecular complexity index is 738. The minimum Gasteiger partial charge on any atom is -0.493 e. The molecule has 27 heavy (non-hydrogen) atoms. The molecule has 1 aliphatic heterocycles. The van der Waals surface area contributed by atoms with Gasteiger partial charge in [-0.25, -0.2) is 0 Å². The number of amides is 2. The van der Waals surface area contributed by atoms with Crippen molar-refractivity contribution < 1.29 is 19.1 Å². The minimum atomic E-state index is -0.0718. The van der Waals surface area contributed by atoms with E-state index in [1.54, 1.807) is 30.2 Å². The highest BCUT2D eigenvalue weighted by molar-refractivity contribution is 6.32. The molecule has 3 rings (SSSR count). The second kappa shape index (κ2) is 8.65. The van der Waals surface area contributed by atoms with Crippen molar-refractivity contribution in [2.75, 3.05) is 39.9 Å². The Morgan fingerprint density at radius 1 is 1.19 bits per heavy atom. The van der Waals surface area contributed by atoms with Crippen LogP contribution in [0.5, 0.6) is 11.5 Å². The molecule has 0 atom stereocenters. The molecule has 0 bridgehead atoms. The van der Waals surface area contributed by atoms with Gasteiger partial charge in [0.2, 0.25) is 11.8 Å². The lowest BCUT2D eigenvalue weighted by molar-refractivity contribution is -0.138. The molecule has 6 nitrogen and oxygen atoms in total. The van der Waals surface area contributed by atoms with Crippen LogP contribution in [0, 0.1) is 5.92 Å². The summed E-state index contributed by atoms with van der Waals surface area (Å²) in [6.07, 6.45) is 5.27. The smallest absolute Gasteiger partial charge is 0.246 e. The lowest BCUT2D eigenvalue weighted by atomic mass is 10.1. The third-order valence-electron chi connectivity index (χ3n) is 4.79. The number of benzene rings is 1. The number of piperazine rings is 1. The maximum atomic E-state index is 12.4. The normalized spacial score (nSPS) is 17.3. The van der Waals surface area contributed by atoms with Gasteiger partial charge in [0, 0.05) is 38.2 Å². The van der Waals surface area contributed by atoms with Crippen molar-refractivity contribution >= 4 is 29.5 Å². The number of halogens is 1. The zero-order valence-electron chi connectivity index (χ0n) is 15.7. The highest BCUT2D eigenvalue weighted by Crippen LogP contribution is 2.36. The summed E-state index contributed by atoms with van der Waals surface area (Å²) in [5, 5.41) is 0.440. The fraction of sp³-hybridized carbons (Fsp3) is 0.500. The van der Waals surface area contributed by atoms with E-state index in [9.17, 15) is 9.59 Å². The minimum absolute atomic E-state index is 0.0718. The quantitative estimate of drug-likeness (QED) is 0.698. The van der Waals surface area contributed by atoms with E-state index in [1.165, 1.54) is 6.08 Å². The number of hydrogen-bond donors (Lipinski definition) is 0. The lowest BCUT2D eigenvalue weighted by Crippen LogP contribution is -2.50. The summed E-state index contributed by atoms with van der Waals surface area (Å²) < 4.78 is 10.8. The molecule has 0 radical (unpaired) electrons. The van der Waals surface area contributed by atoms with Crippen molar-refractivity contribution in [3.8, 4) is 11.5 Å². The summed E-state index contributed by atoms with van der Waals surface area (Å²) in [5.41, 5.74) is 0.760. The number of ether oxygens (including phenoxy) is 2. The van der Waals surface area contributed by atoms with Crippen LogP contribution in [0.25, 0.3) is 6.08 Å². The molecule has 0 N–H and O–H groups in total. The first-order chi connectivity index (χ1) is 13.0. The molecule has 1 aromatic carbocycles. The zero-order chi connectivity index (χ0) is 19.4.